The number of carbonyl (C=O) groups excluding carboxylic acids is 4. The molecule has 4 aliphatic heterocycles. The van der Waals surface area contributed by atoms with Gasteiger partial charge in [0.2, 0.25) is 5.79 Å². The maximum absolute atomic E-state index is 14.7. The number of esters is 2. The van der Waals surface area contributed by atoms with Crippen molar-refractivity contribution in [2.75, 3.05) is 0 Å². The van der Waals surface area contributed by atoms with Crippen LogP contribution in [0.1, 0.15) is 59.8 Å². The summed E-state index contributed by atoms with van der Waals surface area (Å²) >= 11 is 0. The summed E-state index contributed by atoms with van der Waals surface area (Å²) in [5.74, 6) is -10.4. The molecule has 6 fully saturated rings. The van der Waals surface area contributed by atoms with Gasteiger partial charge in [0.15, 0.2) is 28.4 Å². The third-order valence-electron chi connectivity index (χ3n) is 12.4. The molecule has 7 aliphatic rings. The molecule has 1 spiro atoms. The molecule has 11 heteroatoms. The predicted molar refractivity (Wildman–Crippen MR) is 127 cm³/mol. The van der Waals surface area contributed by atoms with Crippen LogP contribution in [0.2, 0.25) is 0 Å². The second-order valence-electron chi connectivity index (χ2n) is 13.7. The Morgan fingerprint density at radius 3 is 2.41 bits per heavy atom. The number of rotatable bonds is 0. The highest BCUT2D eigenvalue weighted by atomic mass is 16.7. The van der Waals surface area contributed by atoms with Crippen LogP contribution in [-0.2, 0) is 33.4 Å². The number of allylic oxidation sites excluding steroid dienone is 1. The topological polar surface area (TPSA) is 177 Å². The van der Waals surface area contributed by atoms with Crippen LogP contribution in [0.4, 0.5) is 0 Å². The molecule has 11 nitrogen and oxygen atoms in total. The molecule has 0 radical (unpaired) electrons. The fourth-order valence-electron chi connectivity index (χ4n) is 10.0. The highest BCUT2D eigenvalue weighted by Crippen LogP contribution is 2.73. The molecule has 4 heterocycles. The molecule has 0 unspecified atom stereocenters. The van der Waals surface area contributed by atoms with Gasteiger partial charge in [-0.15, -0.1) is 0 Å². The van der Waals surface area contributed by atoms with E-state index in [-0.39, 0.29) is 32.1 Å². The summed E-state index contributed by atoms with van der Waals surface area (Å²) in [6, 6.07) is 0. The average molecular weight is 547 g/mol. The fraction of sp³-hybridized carbons (Fsp3) is 0.786. The Morgan fingerprint density at radius 1 is 1.03 bits per heavy atom. The molecule has 2 saturated carbocycles. The van der Waals surface area contributed by atoms with Gasteiger partial charge in [0.05, 0.1) is 34.9 Å². The molecule has 4 saturated heterocycles. The van der Waals surface area contributed by atoms with E-state index in [2.05, 4.69) is 0 Å². The first kappa shape index (κ1) is 25.8. The van der Waals surface area contributed by atoms with Gasteiger partial charge < -0.3 is 34.6 Å². The van der Waals surface area contributed by atoms with Gasteiger partial charge in [-0.2, -0.15) is 0 Å². The van der Waals surface area contributed by atoms with Crippen molar-refractivity contribution >= 4 is 23.5 Å². The Kier molecular flexibility index (Phi) is 4.50. The molecule has 39 heavy (non-hydrogen) atoms. The lowest BCUT2D eigenvalue weighted by molar-refractivity contribution is -0.360. The maximum Gasteiger partial charge on any atom is 0.342 e. The molecular formula is C28H34O11. The van der Waals surface area contributed by atoms with Crippen LogP contribution in [0, 0.1) is 34.5 Å². The van der Waals surface area contributed by atoms with Crippen LogP contribution in [0.25, 0.3) is 0 Å². The fourth-order valence-corrected chi connectivity index (χ4v) is 10.0. The van der Waals surface area contributed by atoms with Crippen molar-refractivity contribution in [3.8, 4) is 0 Å². The van der Waals surface area contributed by atoms with E-state index >= 15 is 0 Å². The molecular weight excluding hydrogens is 512 g/mol. The van der Waals surface area contributed by atoms with Crippen molar-refractivity contribution in [1.29, 1.82) is 0 Å². The van der Waals surface area contributed by atoms with Gasteiger partial charge in [-0.1, -0.05) is 19.9 Å². The molecule has 212 valence electrons. The van der Waals surface area contributed by atoms with E-state index in [9.17, 15) is 39.6 Å². The van der Waals surface area contributed by atoms with Crippen molar-refractivity contribution < 1.29 is 53.8 Å². The predicted octanol–water partition coefficient (Wildman–Crippen LogP) is -0.295. The van der Waals surface area contributed by atoms with Gasteiger partial charge in [0.25, 0.3) is 0 Å². The lowest BCUT2D eigenvalue weighted by atomic mass is 9.46. The van der Waals surface area contributed by atoms with E-state index in [1.165, 1.54) is 19.1 Å². The molecule has 4 N–H and O–H groups in total. The first-order valence-electron chi connectivity index (χ1n) is 13.7. The maximum atomic E-state index is 14.7. The Balaban J connectivity index is 1.51. The van der Waals surface area contributed by atoms with Gasteiger partial charge in [0, 0.05) is 6.42 Å². The van der Waals surface area contributed by atoms with Crippen molar-refractivity contribution in [2.45, 2.75) is 100 Å². The lowest BCUT2D eigenvalue weighted by Crippen LogP contribution is -2.78. The van der Waals surface area contributed by atoms with Gasteiger partial charge in [-0.25, -0.2) is 4.79 Å². The lowest BCUT2D eigenvalue weighted by Gasteiger charge is -2.62. The molecule has 13 atom stereocenters. The number of ether oxygens (including phenoxy) is 3. The Morgan fingerprint density at radius 2 is 1.72 bits per heavy atom. The average Bonchev–Trinajstić information content (AvgIpc) is 3.19. The summed E-state index contributed by atoms with van der Waals surface area (Å²) < 4.78 is 17.9. The molecule has 0 aromatic rings. The SMILES string of the molecule is C[C@@H]1C(=O)O[C@@H]2C[C@@]1(C)[C@@H]1C(=O)[C@]3(O)O[C@]14[C@@]2(C)OC(=O)[C@@]4(O)CC[C@H]1[C@H]3[C@H](O)C[C@@]2(O)CC=CC(=O)[C@]12C. The first-order valence-corrected chi connectivity index (χ1v) is 13.7. The summed E-state index contributed by atoms with van der Waals surface area (Å²) in [5.41, 5.74) is -10.9. The van der Waals surface area contributed by atoms with E-state index in [4.69, 9.17) is 14.2 Å². The summed E-state index contributed by atoms with van der Waals surface area (Å²) in [6.45, 7) is 6.28. The smallest absolute Gasteiger partial charge is 0.342 e. The number of aliphatic hydroxyl groups excluding tert-OH is 1. The normalized spacial score (nSPS) is 60.9. The first-order chi connectivity index (χ1) is 18.0. The van der Waals surface area contributed by atoms with E-state index < -0.39 is 98.4 Å². The summed E-state index contributed by atoms with van der Waals surface area (Å²) in [5, 5.41) is 47.9. The number of Topliss-reactive ketones (excluding diaryl/α,β-unsaturated/α-hetero) is 1. The Hall–Kier alpha value is -2.18. The standard InChI is InChI=1S/C28H34O11/c1-12-20(32)37-16-11-22(12,2)18-19(31)27(36)17-13(23(3)15(30)6-5-8-25(23,34)10-14(17)29)7-9-26(35)21(33)38-24(16,4)28(18,26)39-27/h5-6,12-14,16-18,29,34-36H,7-11H2,1-4H3/t12-,13+,14-,16-,17+,18+,22-,23+,24+,25+,26+,27-,28+/m1/s1. The third kappa shape index (κ3) is 2.32. The number of carbonyl (C=O) groups is 4. The minimum Gasteiger partial charge on any atom is -0.458 e. The minimum absolute atomic E-state index is 0.0659. The molecule has 4 bridgehead atoms. The number of ketones is 2. The largest absolute Gasteiger partial charge is 0.458 e. The summed E-state index contributed by atoms with van der Waals surface area (Å²) in [7, 11) is 0. The third-order valence-corrected chi connectivity index (χ3v) is 12.4. The van der Waals surface area contributed by atoms with Crippen LogP contribution < -0.4 is 0 Å². The molecule has 7 rings (SSSR count). The van der Waals surface area contributed by atoms with E-state index in [1.54, 1.807) is 20.8 Å². The van der Waals surface area contributed by atoms with Crippen molar-refractivity contribution in [2.24, 2.45) is 34.5 Å². The zero-order valence-corrected chi connectivity index (χ0v) is 22.3. The van der Waals surface area contributed by atoms with Crippen molar-refractivity contribution in [1.82, 2.24) is 0 Å². The quantitative estimate of drug-likeness (QED) is 0.294. The van der Waals surface area contributed by atoms with E-state index in [0.29, 0.717) is 0 Å². The van der Waals surface area contributed by atoms with Gasteiger partial charge >= 0.3 is 11.9 Å². The highest BCUT2D eigenvalue weighted by molar-refractivity contribution is 6.00. The van der Waals surface area contributed by atoms with Crippen LogP contribution >= 0.6 is 0 Å². The summed E-state index contributed by atoms with van der Waals surface area (Å²) in [6.07, 6.45) is -0.200. The molecule has 0 aromatic heterocycles. The Bertz CT molecular complexity index is 1290. The van der Waals surface area contributed by atoms with Crippen LogP contribution in [0.15, 0.2) is 12.2 Å². The van der Waals surface area contributed by atoms with Crippen molar-refractivity contribution in [3.05, 3.63) is 12.2 Å². The highest BCUT2D eigenvalue weighted by Gasteiger charge is 2.92. The second-order valence-corrected chi connectivity index (χ2v) is 13.7. The van der Waals surface area contributed by atoms with Gasteiger partial charge in [-0.05, 0) is 56.9 Å². The van der Waals surface area contributed by atoms with Crippen LogP contribution in [0.5, 0.6) is 0 Å². The molecule has 0 aromatic carbocycles. The number of aliphatic hydroxyl groups is 4. The molecule has 3 aliphatic carbocycles. The van der Waals surface area contributed by atoms with Crippen LogP contribution in [0.3, 0.4) is 0 Å². The minimum atomic E-state index is -2.76. The number of hydrogen-bond acceptors (Lipinski definition) is 11. The number of fused-ring (bicyclic) bond motifs is 9. The van der Waals surface area contributed by atoms with Gasteiger partial charge in [0.1, 0.15) is 6.10 Å². The van der Waals surface area contributed by atoms with E-state index in [0.717, 1.165) is 0 Å². The zero-order chi connectivity index (χ0) is 28.3. The van der Waals surface area contributed by atoms with Crippen molar-refractivity contribution in [3.63, 3.8) is 0 Å². The Labute approximate surface area is 224 Å². The van der Waals surface area contributed by atoms with E-state index in [1.807, 2.05) is 0 Å². The zero-order valence-electron chi connectivity index (χ0n) is 22.3. The summed E-state index contributed by atoms with van der Waals surface area (Å²) in [4.78, 5) is 54.7. The number of hydrogen-bond donors (Lipinski definition) is 4. The van der Waals surface area contributed by atoms with Crippen LogP contribution in [-0.4, -0.2) is 84.3 Å². The monoisotopic (exact) mass is 546 g/mol. The van der Waals surface area contributed by atoms with Gasteiger partial charge in [-0.3, -0.25) is 14.4 Å². The second kappa shape index (κ2) is 6.82. The molecule has 0 amide bonds.